The first-order valence-electron chi connectivity index (χ1n) is 6.95. The van der Waals surface area contributed by atoms with Gasteiger partial charge in [-0.3, -0.25) is 4.79 Å². The van der Waals surface area contributed by atoms with E-state index in [0.717, 1.165) is 38.5 Å². The third-order valence-corrected chi connectivity index (χ3v) is 4.02. The van der Waals surface area contributed by atoms with Crippen molar-refractivity contribution in [2.45, 2.75) is 77.6 Å². The van der Waals surface area contributed by atoms with Crippen LogP contribution in [0.15, 0.2) is 0 Å². The quantitative estimate of drug-likeness (QED) is 0.539. The lowest BCUT2D eigenvalue weighted by Gasteiger charge is -2.28. The van der Waals surface area contributed by atoms with E-state index in [-0.39, 0.29) is 5.41 Å². The Hall–Kier alpha value is -0.530. The highest BCUT2D eigenvalue weighted by atomic mass is 16.4. The fraction of sp³-hybridized carbons (Fsp3) is 0.929. The monoisotopic (exact) mass is 226 g/mol. The first kappa shape index (κ1) is 13.5. The standard InChI is InChI=1S/C14H26O2/c1-2-3-4-7-10-14(13(15)16)11-8-5-6-9-12-14/h2-12H2,1H3,(H,15,16). The lowest BCUT2D eigenvalue weighted by atomic mass is 9.76. The summed E-state index contributed by atoms with van der Waals surface area (Å²) < 4.78 is 0. The molecule has 1 rings (SSSR count). The van der Waals surface area contributed by atoms with Gasteiger partial charge in [-0.15, -0.1) is 0 Å². The zero-order valence-electron chi connectivity index (χ0n) is 10.6. The van der Waals surface area contributed by atoms with Crippen LogP contribution in [-0.2, 0) is 4.79 Å². The van der Waals surface area contributed by atoms with Crippen LogP contribution in [0.2, 0.25) is 0 Å². The largest absolute Gasteiger partial charge is 0.481 e. The summed E-state index contributed by atoms with van der Waals surface area (Å²) in [6, 6.07) is 0. The number of hydrogen-bond donors (Lipinski definition) is 1. The summed E-state index contributed by atoms with van der Waals surface area (Å²) in [4.78, 5) is 11.5. The van der Waals surface area contributed by atoms with E-state index in [0.29, 0.717) is 0 Å². The molecule has 0 radical (unpaired) electrons. The molecule has 0 spiro atoms. The van der Waals surface area contributed by atoms with Crippen LogP contribution in [0.5, 0.6) is 0 Å². The normalized spacial score (nSPS) is 20.3. The summed E-state index contributed by atoms with van der Waals surface area (Å²) >= 11 is 0. The van der Waals surface area contributed by atoms with Crippen LogP contribution >= 0.6 is 0 Å². The molecule has 94 valence electrons. The van der Waals surface area contributed by atoms with Crippen molar-refractivity contribution in [1.29, 1.82) is 0 Å². The van der Waals surface area contributed by atoms with Gasteiger partial charge in [0, 0.05) is 0 Å². The van der Waals surface area contributed by atoms with E-state index in [2.05, 4.69) is 6.92 Å². The second-order valence-corrected chi connectivity index (χ2v) is 5.31. The highest BCUT2D eigenvalue weighted by molar-refractivity contribution is 5.74. The second-order valence-electron chi connectivity index (χ2n) is 5.31. The average molecular weight is 226 g/mol. The Morgan fingerprint density at radius 3 is 2.19 bits per heavy atom. The van der Waals surface area contributed by atoms with E-state index in [1.807, 2.05) is 0 Å². The van der Waals surface area contributed by atoms with Gasteiger partial charge in [0.05, 0.1) is 5.41 Å². The Balaban J connectivity index is 2.46. The summed E-state index contributed by atoms with van der Waals surface area (Å²) in [6.07, 6.45) is 12.2. The molecule has 16 heavy (non-hydrogen) atoms. The van der Waals surface area contributed by atoms with Crippen LogP contribution < -0.4 is 0 Å². The van der Waals surface area contributed by atoms with Crippen molar-refractivity contribution in [2.24, 2.45) is 5.41 Å². The molecule has 0 aromatic carbocycles. The number of carboxylic acid groups (broad SMARTS) is 1. The molecule has 1 saturated carbocycles. The summed E-state index contributed by atoms with van der Waals surface area (Å²) in [5.41, 5.74) is -0.371. The van der Waals surface area contributed by atoms with Crippen LogP contribution in [0, 0.1) is 5.41 Å². The highest BCUT2D eigenvalue weighted by Crippen LogP contribution is 2.39. The van der Waals surface area contributed by atoms with Gasteiger partial charge < -0.3 is 5.11 Å². The minimum atomic E-state index is -0.536. The van der Waals surface area contributed by atoms with Crippen molar-refractivity contribution < 1.29 is 9.90 Å². The van der Waals surface area contributed by atoms with Gasteiger partial charge in [-0.25, -0.2) is 0 Å². The van der Waals surface area contributed by atoms with Crippen LogP contribution in [0.1, 0.15) is 77.6 Å². The fourth-order valence-electron chi connectivity index (χ4n) is 2.87. The first-order chi connectivity index (χ1) is 7.71. The third kappa shape index (κ3) is 3.80. The first-order valence-corrected chi connectivity index (χ1v) is 6.95. The van der Waals surface area contributed by atoms with Crippen LogP contribution in [0.4, 0.5) is 0 Å². The zero-order valence-corrected chi connectivity index (χ0v) is 10.6. The molecule has 2 nitrogen and oxygen atoms in total. The smallest absolute Gasteiger partial charge is 0.309 e. The third-order valence-electron chi connectivity index (χ3n) is 4.02. The van der Waals surface area contributed by atoms with E-state index in [4.69, 9.17) is 0 Å². The van der Waals surface area contributed by atoms with E-state index in [1.165, 1.54) is 32.1 Å². The number of rotatable bonds is 6. The van der Waals surface area contributed by atoms with Gasteiger partial charge in [-0.1, -0.05) is 58.3 Å². The fourth-order valence-corrected chi connectivity index (χ4v) is 2.87. The van der Waals surface area contributed by atoms with Gasteiger partial charge in [0.2, 0.25) is 0 Å². The predicted octanol–water partition coefficient (Wildman–Crippen LogP) is 4.38. The maximum Gasteiger partial charge on any atom is 0.309 e. The van der Waals surface area contributed by atoms with Crippen molar-refractivity contribution in [3.8, 4) is 0 Å². The zero-order chi connectivity index (χ0) is 11.9. The molecule has 0 heterocycles. The molecule has 0 bridgehead atoms. The van der Waals surface area contributed by atoms with Gasteiger partial charge >= 0.3 is 5.97 Å². The molecule has 0 aliphatic heterocycles. The van der Waals surface area contributed by atoms with Crippen molar-refractivity contribution in [3.63, 3.8) is 0 Å². The summed E-state index contributed by atoms with van der Waals surface area (Å²) in [7, 11) is 0. The number of unbranched alkanes of at least 4 members (excludes halogenated alkanes) is 3. The Morgan fingerprint density at radius 1 is 1.06 bits per heavy atom. The SMILES string of the molecule is CCCCCCC1(C(=O)O)CCCCCC1. The van der Waals surface area contributed by atoms with Crippen molar-refractivity contribution in [2.75, 3.05) is 0 Å². The molecule has 1 N–H and O–H groups in total. The van der Waals surface area contributed by atoms with Crippen LogP contribution in [0.25, 0.3) is 0 Å². The average Bonchev–Trinajstić information content (AvgIpc) is 2.51. The lowest BCUT2D eigenvalue weighted by molar-refractivity contribution is -0.150. The van der Waals surface area contributed by atoms with Gasteiger partial charge in [0.1, 0.15) is 0 Å². The van der Waals surface area contributed by atoms with Crippen molar-refractivity contribution >= 4 is 5.97 Å². The summed E-state index contributed by atoms with van der Waals surface area (Å²) in [5, 5.41) is 9.47. The molecule has 1 fully saturated rings. The molecule has 0 atom stereocenters. The molecule has 0 aromatic heterocycles. The lowest BCUT2D eigenvalue weighted by Crippen LogP contribution is -2.30. The van der Waals surface area contributed by atoms with Gasteiger partial charge in [-0.2, -0.15) is 0 Å². The Morgan fingerprint density at radius 2 is 1.69 bits per heavy atom. The second kappa shape index (κ2) is 6.93. The number of aliphatic carboxylic acids is 1. The molecular formula is C14H26O2. The van der Waals surface area contributed by atoms with Crippen LogP contribution in [-0.4, -0.2) is 11.1 Å². The summed E-state index contributed by atoms with van der Waals surface area (Å²) in [6.45, 7) is 2.19. The van der Waals surface area contributed by atoms with E-state index < -0.39 is 5.97 Å². The molecule has 0 amide bonds. The van der Waals surface area contributed by atoms with E-state index in [1.54, 1.807) is 0 Å². The van der Waals surface area contributed by atoms with Crippen LogP contribution in [0.3, 0.4) is 0 Å². The summed E-state index contributed by atoms with van der Waals surface area (Å²) in [5.74, 6) is -0.536. The molecular weight excluding hydrogens is 200 g/mol. The maximum atomic E-state index is 11.5. The Labute approximate surface area is 99.4 Å². The van der Waals surface area contributed by atoms with Gasteiger partial charge in [-0.05, 0) is 19.3 Å². The highest BCUT2D eigenvalue weighted by Gasteiger charge is 2.37. The number of carboxylic acids is 1. The minimum Gasteiger partial charge on any atom is -0.481 e. The Kier molecular flexibility index (Phi) is 5.86. The van der Waals surface area contributed by atoms with Gasteiger partial charge in [0.15, 0.2) is 0 Å². The van der Waals surface area contributed by atoms with Crippen molar-refractivity contribution in [1.82, 2.24) is 0 Å². The van der Waals surface area contributed by atoms with E-state index in [9.17, 15) is 9.90 Å². The molecule has 0 unspecified atom stereocenters. The molecule has 2 heteroatoms. The minimum absolute atomic E-state index is 0.371. The number of carbonyl (C=O) groups is 1. The molecule has 1 aliphatic carbocycles. The van der Waals surface area contributed by atoms with Gasteiger partial charge in [0.25, 0.3) is 0 Å². The predicted molar refractivity (Wildman–Crippen MR) is 66.5 cm³/mol. The van der Waals surface area contributed by atoms with Crippen molar-refractivity contribution in [3.05, 3.63) is 0 Å². The van der Waals surface area contributed by atoms with E-state index >= 15 is 0 Å². The topological polar surface area (TPSA) is 37.3 Å². The molecule has 1 aliphatic rings. The molecule has 0 aromatic rings. The Bertz CT molecular complexity index is 203. The molecule has 0 saturated heterocycles. The maximum absolute atomic E-state index is 11.5. The number of hydrogen-bond acceptors (Lipinski definition) is 1.